The number of benzene rings is 1. The highest BCUT2D eigenvalue weighted by Crippen LogP contribution is 2.26. The summed E-state index contributed by atoms with van der Waals surface area (Å²) < 4.78 is 0. The number of amides is 1. The van der Waals surface area contributed by atoms with Crippen molar-refractivity contribution in [2.45, 2.75) is 6.92 Å². The third kappa shape index (κ3) is 3.95. The van der Waals surface area contributed by atoms with Gasteiger partial charge in [0.05, 0.1) is 11.4 Å². The van der Waals surface area contributed by atoms with Crippen LogP contribution in [0.4, 0.5) is 17.2 Å². The number of hydrogen-bond acceptors (Lipinski definition) is 6. The van der Waals surface area contributed by atoms with Gasteiger partial charge in [0.25, 0.3) is 5.91 Å². The van der Waals surface area contributed by atoms with Gasteiger partial charge in [0.15, 0.2) is 5.01 Å². The van der Waals surface area contributed by atoms with Crippen LogP contribution in [-0.2, 0) is 0 Å². The summed E-state index contributed by atoms with van der Waals surface area (Å²) >= 11 is 1.34. The molecular formula is C19H23N5OS. The van der Waals surface area contributed by atoms with Crippen molar-refractivity contribution in [3.63, 3.8) is 0 Å². The number of thiazole rings is 1. The van der Waals surface area contributed by atoms with Gasteiger partial charge in [-0.05, 0) is 30.2 Å². The van der Waals surface area contributed by atoms with Crippen LogP contribution in [0.3, 0.4) is 0 Å². The lowest BCUT2D eigenvalue weighted by Crippen LogP contribution is -2.43. The van der Waals surface area contributed by atoms with Crippen LogP contribution in [0.2, 0.25) is 0 Å². The van der Waals surface area contributed by atoms with Gasteiger partial charge in [-0.3, -0.25) is 4.79 Å². The molecule has 0 unspecified atom stereocenters. The molecule has 3 rings (SSSR count). The van der Waals surface area contributed by atoms with Crippen molar-refractivity contribution in [2.24, 2.45) is 0 Å². The molecule has 2 aromatic rings. The monoisotopic (exact) mass is 369 g/mol. The lowest BCUT2D eigenvalue weighted by atomic mass is 10.0. The molecule has 7 heteroatoms. The average molecular weight is 369 g/mol. The van der Waals surface area contributed by atoms with Gasteiger partial charge in [0.2, 0.25) is 0 Å². The first-order valence-electron chi connectivity index (χ1n) is 8.53. The van der Waals surface area contributed by atoms with E-state index in [1.54, 1.807) is 12.1 Å². The molecule has 6 nitrogen and oxygen atoms in total. The Hall–Kier alpha value is -2.64. The maximum absolute atomic E-state index is 12.6. The highest BCUT2D eigenvalue weighted by molar-refractivity contribution is 7.12. The Balaban J connectivity index is 1.76. The van der Waals surface area contributed by atoms with Crippen LogP contribution in [0.1, 0.15) is 22.3 Å². The average Bonchev–Trinajstić information content (AvgIpc) is 3.16. The maximum Gasteiger partial charge on any atom is 0.284 e. The van der Waals surface area contributed by atoms with Crippen LogP contribution in [0.5, 0.6) is 0 Å². The minimum Gasteiger partial charge on any atom is -0.397 e. The molecule has 1 fully saturated rings. The zero-order chi connectivity index (χ0) is 18.5. The summed E-state index contributed by atoms with van der Waals surface area (Å²) in [6, 6.07) is 5.55. The number of carbonyl (C=O) groups is 1. The van der Waals surface area contributed by atoms with Gasteiger partial charge < -0.3 is 21.3 Å². The van der Waals surface area contributed by atoms with Crippen LogP contribution in [0, 0.1) is 0 Å². The first kappa shape index (κ1) is 18.2. The van der Waals surface area contributed by atoms with E-state index in [1.807, 2.05) is 30.5 Å². The number of anilines is 3. The Morgan fingerprint density at radius 3 is 2.88 bits per heavy atom. The number of hydrogen-bond donors (Lipinski definition) is 3. The number of nitrogens with zero attached hydrogens (tertiary/aromatic N) is 2. The van der Waals surface area contributed by atoms with E-state index in [9.17, 15) is 4.79 Å². The van der Waals surface area contributed by atoms with Gasteiger partial charge in [-0.2, -0.15) is 0 Å². The third-order valence-electron chi connectivity index (χ3n) is 4.29. The predicted octanol–water partition coefficient (Wildman–Crippen LogP) is 2.98. The normalized spacial score (nSPS) is 15.0. The molecule has 0 bridgehead atoms. The molecule has 26 heavy (non-hydrogen) atoms. The number of nitrogen functional groups attached to an aromatic ring is 1. The molecule has 136 valence electrons. The molecule has 1 saturated heterocycles. The minimum absolute atomic E-state index is 0.249. The first-order chi connectivity index (χ1) is 12.6. The van der Waals surface area contributed by atoms with Gasteiger partial charge in [-0.25, -0.2) is 4.98 Å². The van der Waals surface area contributed by atoms with E-state index in [-0.39, 0.29) is 5.91 Å². The van der Waals surface area contributed by atoms with Gasteiger partial charge in [-0.1, -0.05) is 24.8 Å². The van der Waals surface area contributed by atoms with Crippen LogP contribution in [-0.4, -0.2) is 37.1 Å². The molecule has 1 aliphatic heterocycles. The van der Waals surface area contributed by atoms with E-state index in [4.69, 9.17) is 5.73 Å². The molecule has 1 aromatic heterocycles. The standard InChI is InChI=1S/C19H23N5OS/c1-3-13(4-2)14-5-6-15(20)16(11-14)22-18(25)19-23-17(12-26-19)24-9-7-21-8-10-24/h3-6,11-12,21H,1,7-10,20H2,2H3,(H,22,25)/b13-4+. The second-order valence-corrected chi connectivity index (χ2v) is 6.81. The van der Waals surface area contributed by atoms with E-state index in [1.165, 1.54) is 11.3 Å². The van der Waals surface area contributed by atoms with Crippen molar-refractivity contribution >= 4 is 40.0 Å². The SMILES string of the molecule is C=C/C(=C\C)c1ccc(N)c(NC(=O)c2nc(N3CCNCC3)cs2)c1. The summed E-state index contributed by atoms with van der Waals surface area (Å²) in [6.45, 7) is 9.41. The number of nitrogens with two attached hydrogens (primary N) is 1. The molecule has 0 aliphatic carbocycles. The zero-order valence-electron chi connectivity index (χ0n) is 14.8. The Kier molecular flexibility index (Phi) is 5.70. The molecule has 1 amide bonds. The Morgan fingerprint density at radius 2 is 2.19 bits per heavy atom. The molecule has 4 N–H and O–H groups in total. The fraction of sp³-hybridized carbons (Fsp3) is 0.263. The second-order valence-electron chi connectivity index (χ2n) is 5.95. The summed E-state index contributed by atoms with van der Waals surface area (Å²) in [5.74, 6) is 0.604. The summed E-state index contributed by atoms with van der Waals surface area (Å²) in [6.07, 6.45) is 3.74. The van der Waals surface area contributed by atoms with Gasteiger partial charge >= 0.3 is 0 Å². The second kappa shape index (κ2) is 8.16. The zero-order valence-corrected chi connectivity index (χ0v) is 15.6. The van der Waals surface area contributed by atoms with Crippen molar-refractivity contribution in [1.82, 2.24) is 10.3 Å². The number of carbonyl (C=O) groups excluding carboxylic acids is 1. The van der Waals surface area contributed by atoms with Crippen molar-refractivity contribution in [3.05, 3.63) is 52.9 Å². The molecule has 1 aromatic carbocycles. The van der Waals surface area contributed by atoms with Crippen LogP contribution >= 0.6 is 11.3 Å². The highest BCUT2D eigenvalue weighted by atomic mass is 32.1. The Bertz CT molecular complexity index is 836. The quantitative estimate of drug-likeness (QED) is 0.557. The number of nitrogens with one attached hydrogen (secondary N) is 2. The van der Waals surface area contributed by atoms with E-state index < -0.39 is 0 Å². The lowest BCUT2D eigenvalue weighted by Gasteiger charge is -2.27. The summed E-state index contributed by atoms with van der Waals surface area (Å²) in [4.78, 5) is 19.3. The van der Waals surface area contributed by atoms with Gasteiger partial charge in [0, 0.05) is 31.6 Å². The Morgan fingerprint density at radius 1 is 1.42 bits per heavy atom. The van der Waals surface area contributed by atoms with E-state index in [0.717, 1.165) is 43.1 Å². The largest absolute Gasteiger partial charge is 0.397 e. The smallest absolute Gasteiger partial charge is 0.284 e. The van der Waals surface area contributed by atoms with Gasteiger partial charge in [-0.15, -0.1) is 11.3 Å². The van der Waals surface area contributed by atoms with Crippen molar-refractivity contribution in [3.8, 4) is 0 Å². The number of aromatic nitrogens is 1. The van der Waals surface area contributed by atoms with Crippen LogP contribution < -0.4 is 21.3 Å². The number of piperazine rings is 1. The van der Waals surface area contributed by atoms with Crippen molar-refractivity contribution in [1.29, 1.82) is 0 Å². The summed E-state index contributed by atoms with van der Waals surface area (Å²) in [5, 5.41) is 8.54. The lowest BCUT2D eigenvalue weighted by molar-refractivity contribution is 0.102. The predicted molar refractivity (Wildman–Crippen MR) is 110 cm³/mol. The third-order valence-corrected chi connectivity index (χ3v) is 5.12. The van der Waals surface area contributed by atoms with Crippen molar-refractivity contribution < 1.29 is 4.79 Å². The fourth-order valence-corrected chi connectivity index (χ4v) is 3.55. The minimum atomic E-state index is -0.249. The molecule has 0 spiro atoms. The molecule has 0 atom stereocenters. The van der Waals surface area contributed by atoms with Crippen molar-refractivity contribution in [2.75, 3.05) is 42.1 Å². The molecule has 0 radical (unpaired) electrons. The molecule has 0 saturated carbocycles. The molecular weight excluding hydrogens is 346 g/mol. The van der Waals surface area contributed by atoms with Crippen LogP contribution in [0.15, 0.2) is 42.3 Å². The molecule has 2 heterocycles. The first-order valence-corrected chi connectivity index (χ1v) is 9.41. The number of allylic oxidation sites excluding steroid dienone is 3. The van der Waals surface area contributed by atoms with Crippen LogP contribution in [0.25, 0.3) is 5.57 Å². The van der Waals surface area contributed by atoms with Gasteiger partial charge in [0.1, 0.15) is 5.82 Å². The Labute approximate surface area is 157 Å². The van der Waals surface area contributed by atoms with E-state index in [2.05, 4.69) is 27.1 Å². The summed E-state index contributed by atoms with van der Waals surface area (Å²) in [7, 11) is 0. The number of rotatable bonds is 5. The topological polar surface area (TPSA) is 83.3 Å². The fourth-order valence-electron chi connectivity index (χ4n) is 2.83. The molecule has 1 aliphatic rings. The van der Waals surface area contributed by atoms with E-state index >= 15 is 0 Å². The van der Waals surface area contributed by atoms with E-state index in [0.29, 0.717) is 16.4 Å². The summed E-state index contributed by atoms with van der Waals surface area (Å²) in [5.41, 5.74) is 9.05. The maximum atomic E-state index is 12.6. The highest BCUT2D eigenvalue weighted by Gasteiger charge is 2.17.